The molecule has 0 aromatic heterocycles. The van der Waals surface area contributed by atoms with Gasteiger partial charge in [-0.3, -0.25) is 9.59 Å². The van der Waals surface area contributed by atoms with E-state index in [0.29, 0.717) is 12.3 Å². The van der Waals surface area contributed by atoms with Crippen molar-refractivity contribution in [2.45, 2.75) is 45.6 Å². The number of carbonyl (C=O) groups excluding carboxylic acids is 2. The molecule has 1 aliphatic heterocycles. The molecule has 19 heavy (non-hydrogen) atoms. The lowest BCUT2D eigenvalue weighted by Crippen LogP contribution is -2.49. The van der Waals surface area contributed by atoms with Gasteiger partial charge in [0.1, 0.15) is 11.9 Å². The topological polar surface area (TPSA) is 63.6 Å². The van der Waals surface area contributed by atoms with Crippen molar-refractivity contribution in [3.63, 3.8) is 0 Å². The van der Waals surface area contributed by atoms with Crippen LogP contribution in [0.5, 0.6) is 0 Å². The monoisotopic (exact) mass is 266 g/mol. The Hall–Kier alpha value is -0.900. The largest absolute Gasteiger partial charge is 0.461 e. The van der Waals surface area contributed by atoms with E-state index in [1.54, 1.807) is 0 Å². The number of aliphatic hydroxyl groups excluding tert-OH is 1. The summed E-state index contributed by atoms with van der Waals surface area (Å²) in [6.45, 7) is 3.88. The van der Waals surface area contributed by atoms with Crippen molar-refractivity contribution >= 4 is 11.8 Å². The van der Waals surface area contributed by atoms with Gasteiger partial charge in [0.15, 0.2) is 0 Å². The summed E-state index contributed by atoms with van der Waals surface area (Å²) in [6, 6.07) is 0. The average Bonchev–Trinajstić information content (AvgIpc) is 2.83. The Labute approximate surface area is 113 Å². The molecule has 0 aromatic rings. The number of ether oxygens (including phenoxy) is 1. The fourth-order valence-corrected chi connectivity index (χ4v) is 4.74. The highest BCUT2D eigenvalue weighted by Gasteiger charge is 2.64. The van der Waals surface area contributed by atoms with Crippen LogP contribution < -0.4 is 0 Å². The molecule has 0 radical (unpaired) electrons. The first-order chi connectivity index (χ1) is 9.02. The minimum atomic E-state index is -0.818. The van der Waals surface area contributed by atoms with Crippen LogP contribution in [-0.2, 0) is 14.3 Å². The predicted molar refractivity (Wildman–Crippen MR) is 68.2 cm³/mol. The van der Waals surface area contributed by atoms with Crippen LogP contribution in [0.2, 0.25) is 0 Å². The quantitative estimate of drug-likeness (QED) is 0.731. The molecule has 0 amide bonds. The van der Waals surface area contributed by atoms with Gasteiger partial charge in [0.2, 0.25) is 0 Å². The first kappa shape index (κ1) is 13.1. The minimum Gasteiger partial charge on any atom is -0.461 e. The lowest BCUT2D eigenvalue weighted by atomic mass is 9.67. The zero-order valence-corrected chi connectivity index (χ0v) is 11.6. The van der Waals surface area contributed by atoms with Crippen molar-refractivity contribution in [1.29, 1.82) is 0 Å². The Morgan fingerprint density at radius 3 is 2.68 bits per heavy atom. The maximum absolute atomic E-state index is 12.5. The second kappa shape index (κ2) is 4.30. The normalized spacial score (nSPS) is 49.5. The molecule has 0 unspecified atom stereocenters. The first-order valence-electron chi connectivity index (χ1n) is 7.37. The fraction of sp³-hybridized carbons (Fsp3) is 0.867. The van der Waals surface area contributed by atoms with E-state index in [2.05, 4.69) is 6.92 Å². The van der Waals surface area contributed by atoms with E-state index in [4.69, 9.17) is 4.74 Å². The van der Waals surface area contributed by atoms with Crippen LogP contribution in [0, 0.1) is 29.1 Å². The molecule has 4 heteroatoms. The van der Waals surface area contributed by atoms with Gasteiger partial charge < -0.3 is 9.84 Å². The molecule has 0 bridgehead atoms. The van der Waals surface area contributed by atoms with Crippen LogP contribution in [0.1, 0.15) is 39.5 Å². The molecule has 3 fully saturated rings. The van der Waals surface area contributed by atoms with Crippen LogP contribution in [-0.4, -0.2) is 29.6 Å². The Balaban J connectivity index is 2.08. The molecule has 1 N–H and O–H groups in total. The third-order valence-electron chi connectivity index (χ3n) is 5.92. The first-order valence-corrected chi connectivity index (χ1v) is 7.37. The van der Waals surface area contributed by atoms with E-state index >= 15 is 0 Å². The summed E-state index contributed by atoms with van der Waals surface area (Å²) in [5.74, 6) is 0.427. The van der Waals surface area contributed by atoms with Crippen molar-refractivity contribution in [2.24, 2.45) is 29.1 Å². The zero-order chi connectivity index (χ0) is 13.8. The number of esters is 1. The van der Waals surface area contributed by atoms with Crippen molar-refractivity contribution < 1.29 is 19.4 Å². The van der Waals surface area contributed by atoms with E-state index < -0.39 is 11.5 Å². The molecule has 3 rings (SSSR count). The van der Waals surface area contributed by atoms with Gasteiger partial charge in [-0.25, -0.2) is 0 Å². The lowest BCUT2D eigenvalue weighted by Gasteiger charge is -2.38. The summed E-state index contributed by atoms with van der Waals surface area (Å²) in [6.07, 6.45) is 2.89. The maximum atomic E-state index is 12.5. The van der Waals surface area contributed by atoms with E-state index in [1.807, 2.05) is 6.92 Å². The second-order valence-corrected chi connectivity index (χ2v) is 6.63. The third-order valence-corrected chi connectivity index (χ3v) is 5.92. The standard InChI is InChI=1S/C15H22O4/c1-8-3-4-10-9(2)14(18)19-13(10)15(7-16)11(8)5-6-12(15)17/h8-11,13,16H,3-7H2,1-2H3/t8-,9-,10-,11-,13+,15-/m0/s1. The predicted octanol–water partition coefficient (Wildman–Crippen LogP) is 1.55. The molecule has 6 atom stereocenters. The summed E-state index contributed by atoms with van der Waals surface area (Å²) in [5, 5.41) is 9.97. The molecule has 0 aromatic carbocycles. The van der Waals surface area contributed by atoms with Gasteiger partial charge in [0.05, 0.1) is 17.9 Å². The van der Waals surface area contributed by atoms with Crippen molar-refractivity contribution in [1.82, 2.24) is 0 Å². The minimum absolute atomic E-state index is 0.0918. The van der Waals surface area contributed by atoms with Gasteiger partial charge in [-0.1, -0.05) is 13.8 Å². The van der Waals surface area contributed by atoms with Gasteiger partial charge in [-0.15, -0.1) is 0 Å². The van der Waals surface area contributed by atoms with Gasteiger partial charge in [0, 0.05) is 12.3 Å². The van der Waals surface area contributed by atoms with Gasteiger partial charge in [-0.05, 0) is 31.1 Å². The second-order valence-electron chi connectivity index (χ2n) is 6.63. The van der Waals surface area contributed by atoms with Crippen LogP contribution in [0.25, 0.3) is 0 Å². The highest BCUT2D eigenvalue weighted by atomic mass is 16.6. The molecule has 4 nitrogen and oxygen atoms in total. The molecule has 2 aliphatic carbocycles. The molecular weight excluding hydrogens is 244 g/mol. The number of Topliss-reactive ketones (excluding diaryl/α,β-unsaturated/α-hetero) is 1. The number of ketones is 1. The summed E-state index contributed by atoms with van der Waals surface area (Å²) in [5.41, 5.74) is -0.818. The summed E-state index contributed by atoms with van der Waals surface area (Å²) < 4.78 is 5.56. The van der Waals surface area contributed by atoms with Crippen LogP contribution in [0.15, 0.2) is 0 Å². The van der Waals surface area contributed by atoms with E-state index in [0.717, 1.165) is 19.3 Å². The fourth-order valence-electron chi connectivity index (χ4n) is 4.74. The number of rotatable bonds is 1. The molecule has 1 saturated heterocycles. The summed E-state index contributed by atoms with van der Waals surface area (Å²) in [4.78, 5) is 24.3. The number of fused-ring (bicyclic) bond motifs is 3. The highest BCUT2D eigenvalue weighted by Crippen LogP contribution is 2.56. The molecule has 1 heterocycles. The highest BCUT2D eigenvalue weighted by molar-refractivity contribution is 5.89. The van der Waals surface area contributed by atoms with Gasteiger partial charge in [0.25, 0.3) is 0 Å². The SMILES string of the molecule is C[C@@H]1C(=O)O[C@@H]2[C@H]1CC[C@H](C)[C@@H]1CCC(=O)[C@@]21CO. The Morgan fingerprint density at radius 1 is 1.26 bits per heavy atom. The number of hydrogen-bond acceptors (Lipinski definition) is 4. The smallest absolute Gasteiger partial charge is 0.309 e. The van der Waals surface area contributed by atoms with Crippen LogP contribution in [0.4, 0.5) is 0 Å². The number of carbonyl (C=O) groups is 2. The van der Waals surface area contributed by atoms with Crippen molar-refractivity contribution in [3.8, 4) is 0 Å². The third kappa shape index (κ3) is 1.55. The van der Waals surface area contributed by atoms with Gasteiger partial charge >= 0.3 is 5.97 Å². The summed E-state index contributed by atoms with van der Waals surface area (Å²) in [7, 11) is 0. The number of aliphatic hydroxyl groups is 1. The van der Waals surface area contributed by atoms with Gasteiger partial charge in [-0.2, -0.15) is 0 Å². The molecule has 2 saturated carbocycles. The maximum Gasteiger partial charge on any atom is 0.309 e. The van der Waals surface area contributed by atoms with E-state index in [1.165, 1.54) is 0 Å². The molecule has 106 valence electrons. The molecule has 0 spiro atoms. The van der Waals surface area contributed by atoms with Crippen LogP contribution in [0.3, 0.4) is 0 Å². The Kier molecular flexibility index (Phi) is 2.97. The Morgan fingerprint density at radius 2 is 2.00 bits per heavy atom. The molecule has 3 aliphatic rings. The van der Waals surface area contributed by atoms with E-state index in [9.17, 15) is 14.7 Å². The number of hydrogen-bond donors (Lipinski definition) is 1. The van der Waals surface area contributed by atoms with Crippen molar-refractivity contribution in [3.05, 3.63) is 0 Å². The van der Waals surface area contributed by atoms with Crippen LogP contribution >= 0.6 is 0 Å². The van der Waals surface area contributed by atoms with E-state index in [-0.39, 0.29) is 36.1 Å². The zero-order valence-electron chi connectivity index (χ0n) is 11.6. The summed E-state index contributed by atoms with van der Waals surface area (Å²) >= 11 is 0. The average molecular weight is 266 g/mol. The lowest BCUT2D eigenvalue weighted by molar-refractivity contribution is -0.157. The Bertz CT molecular complexity index is 418. The molecular formula is C15H22O4. The van der Waals surface area contributed by atoms with Crippen molar-refractivity contribution in [2.75, 3.05) is 6.61 Å².